The van der Waals surface area contributed by atoms with E-state index in [2.05, 4.69) is 0 Å². The molecule has 112 valence electrons. The summed E-state index contributed by atoms with van der Waals surface area (Å²) in [6, 6.07) is 5.39. The maximum atomic E-state index is 12.5. The van der Waals surface area contributed by atoms with Crippen LogP contribution in [-0.2, 0) is 9.53 Å². The second-order valence-electron chi connectivity index (χ2n) is 4.76. The van der Waals surface area contributed by atoms with E-state index in [0.717, 1.165) is 0 Å². The van der Waals surface area contributed by atoms with Gasteiger partial charge >= 0.3 is 11.9 Å². The van der Waals surface area contributed by atoms with Crippen LogP contribution >= 0.6 is 0 Å². The summed E-state index contributed by atoms with van der Waals surface area (Å²) in [6.07, 6.45) is 1.24. The molecule has 0 aromatic heterocycles. The minimum absolute atomic E-state index is 0.0583. The standard InChI is InChI=1S/C15H17NO5/c1-2-21-15(20)12-8-5-9-16(12)13(17)10-6-3-4-7-11(10)14(18)19/h3-4,6-7,12H,2,5,8-9H2,1H3,(H,18,19). The molecule has 1 atom stereocenters. The molecule has 0 radical (unpaired) electrons. The van der Waals surface area contributed by atoms with Crippen molar-refractivity contribution in [2.75, 3.05) is 13.2 Å². The summed E-state index contributed by atoms with van der Waals surface area (Å²) >= 11 is 0. The second kappa shape index (κ2) is 6.39. The number of ether oxygens (including phenoxy) is 1. The highest BCUT2D eigenvalue weighted by molar-refractivity contribution is 6.05. The molecule has 6 nitrogen and oxygen atoms in total. The number of carboxylic acid groups (broad SMARTS) is 1. The largest absolute Gasteiger partial charge is 0.478 e. The Bertz CT molecular complexity index is 569. The van der Waals surface area contributed by atoms with Gasteiger partial charge in [-0.25, -0.2) is 9.59 Å². The van der Waals surface area contributed by atoms with Gasteiger partial charge in [-0.2, -0.15) is 0 Å². The van der Waals surface area contributed by atoms with Gasteiger partial charge in [0.1, 0.15) is 6.04 Å². The number of likely N-dealkylation sites (tertiary alicyclic amines) is 1. The third kappa shape index (κ3) is 3.04. The SMILES string of the molecule is CCOC(=O)C1CCCN1C(=O)c1ccccc1C(=O)O. The van der Waals surface area contributed by atoms with Crippen LogP contribution in [0.15, 0.2) is 24.3 Å². The molecule has 1 fully saturated rings. The number of carbonyl (C=O) groups is 3. The van der Waals surface area contributed by atoms with E-state index >= 15 is 0 Å². The molecule has 1 amide bonds. The van der Waals surface area contributed by atoms with Crippen LogP contribution in [0.25, 0.3) is 0 Å². The molecule has 21 heavy (non-hydrogen) atoms. The van der Waals surface area contributed by atoms with Crippen molar-refractivity contribution in [3.63, 3.8) is 0 Å². The molecule has 0 bridgehead atoms. The van der Waals surface area contributed by atoms with Crippen molar-refractivity contribution in [1.29, 1.82) is 0 Å². The number of aromatic carboxylic acids is 1. The summed E-state index contributed by atoms with van der Waals surface area (Å²) in [5.74, 6) is -2.04. The Labute approximate surface area is 122 Å². The molecule has 0 spiro atoms. The van der Waals surface area contributed by atoms with E-state index in [1.807, 2.05) is 0 Å². The van der Waals surface area contributed by atoms with Gasteiger partial charge in [0.15, 0.2) is 0 Å². The molecule has 6 heteroatoms. The number of hydrogen-bond acceptors (Lipinski definition) is 4. The number of nitrogens with zero attached hydrogens (tertiary/aromatic N) is 1. The number of rotatable bonds is 4. The molecule has 0 saturated carbocycles. The topological polar surface area (TPSA) is 83.9 Å². The number of esters is 1. The van der Waals surface area contributed by atoms with E-state index in [-0.39, 0.29) is 17.7 Å². The van der Waals surface area contributed by atoms with Gasteiger partial charge in [0, 0.05) is 6.54 Å². The van der Waals surface area contributed by atoms with Crippen LogP contribution in [0.3, 0.4) is 0 Å². The average Bonchev–Trinajstić information content (AvgIpc) is 2.96. The van der Waals surface area contributed by atoms with Crippen LogP contribution in [0.2, 0.25) is 0 Å². The lowest BCUT2D eigenvalue weighted by Crippen LogP contribution is -2.41. The van der Waals surface area contributed by atoms with Gasteiger partial charge in [0.2, 0.25) is 0 Å². The molecule has 1 aliphatic rings. The van der Waals surface area contributed by atoms with Crippen LogP contribution in [-0.4, -0.2) is 47.0 Å². The van der Waals surface area contributed by atoms with Gasteiger partial charge in [-0.15, -0.1) is 0 Å². The first-order valence-electron chi connectivity index (χ1n) is 6.86. The number of carboxylic acids is 1. The Morgan fingerprint density at radius 2 is 1.95 bits per heavy atom. The van der Waals surface area contributed by atoms with Gasteiger partial charge in [0.25, 0.3) is 5.91 Å². The van der Waals surface area contributed by atoms with Crippen molar-refractivity contribution in [2.24, 2.45) is 0 Å². The third-order valence-electron chi connectivity index (χ3n) is 3.46. The summed E-state index contributed by atoms with van der Waals surface area (Å²) in [6.45, 7) is 2.39. The van der Waals surface area contributed by atoms with Crippen molar-refractivity contribution in [2.45, 2.75) is 25.8 Å². The van der Waals surface area contributed by atoms with Gasteiger partial charge in [-0.05, 0) is 31.9 Å². The van der Waals surface area contributed by atoms with E-state index < -0.39 is 23.9 Å². The van der Waals surface area contributed by atoms with Crippen LogP contribution < -0.4 is 0 Å². The smallest absolute Gasteiger partial charge is 0.336 e. The molecule has 1 heterocycles. The Kier molecular flexibility index (Phi) is 4.57. The molecule has 1 aromatic rings. The molecular formula is C15H17NO5. The van der Waals surface area contributed by atoms with Crippen molar-refractivity contribution in [1.82, 2.24) is 4.90 Å². The van der Waals surface area contributed by atoms with Crippen molar-refractivity contribution in [3.05, 3.63) is 35.4 Å². The van der Waals surface area contributed by atoms with Crippen LogP contribution in [0.5, 0.6) is 0 Å². The highest BCUT2D eigenvalue weighted by Crippen LogP contribution is 2.22. The van der Waals surface area contributed by atoms with Crippen molar-refractivity contribution < 1.29 is 24.2 Å². The summed E-state index contributed by atoms with van der Waals surface area (Å²) < 4.78 is 4.97. The molecule has 1 unspecified atom stereocenters. The molecule has 2 rings (SSSR count). The zero-order valence-corrected chi connectivity index (χ0v) is 11.7. The summed E-state index contributed by atoms with van der Waals surface area (Å²) in [5, 5.41) is 9.15. The predicted octanol–water partition coefficient (Wildman–Crippen LogP) is 1.55. The maximum Gasteiger partial charge on any atom is 0.336 e. The normalized spacial score (nSPS) is 17.6. The average molecular weight is 291 g/mol. The Balaban J connectivity index is 2.27. The molecule has 1 aromatic carbocycles. The fourth-order valence-corrected chi connectivity index (χ4v) is 2.50. The molecule has 1 saturated heterocycles. The van der Waals surface area contributed by atoms with Crippen LogP contribution in [0, 0.1) is 0 Å². The second-order valence-corrected chi connectivity index (χ2v) is 4.76. The van der Waals surface area contributed by atoms with E-state index in [9.17, 15) is 14.4 Å². The van der Waals surface area contributed by atoms with E-state index in [1.54, 1.807) is 19.1 Å². The number of benzene rings is 1. The summed E-state index contributed by atoms with van der Waals surface area (Å²) in [7, 11) is 0. The summed E-state index contributed by atoms with van der Waals surface area (Å²) in [4.78, 5) is 37.0. The predicted molar refractivity (Wildman–Crippen MR) is 74.1 cm³/mol. The lowest BCUT2D eigenvalue weighted by atomic mass is 10.1. The molecule has 1 aliphatic heterocycles. The van der Waals surface area contributed by atoms with Crippen molar-refractivity contribution in [3.8, 4) is 0 Å². The monoisotopic (exact) mass is 291 g/mol. The number of hydrogen-bond donors (Lipinski definition) is 1. The first kappa shape index (κ1) is 15.0. The fraction of sp³-hybridized carbons (Fsp3) is 0.400. The maximum absolute atomic E-state index is 12.5. The molecular weight excluding hydrogens is 274 g/mol. The zero-order valence-electron chi connectivity index (χ0n) is 11.7. The van der Waals surface area contributed by atoms with Crippen molar-refractivity contribution >= 4 is 17.8 Å². The first-order valence-corrected chi connectivity index (χ1v) is 6.86. The highest BCUT2D eigenvalue weighted by atomic mass is 16.5. The lowest BCUT2D eigenvalue weighted by Gasteiger charge is -2.23. The third-order valence-corrected chi connectivity index (χ3v) is 3.46. The lowest BCUT2D eigenvalue weighted by molar-refractivity contribution is -0.147. The van der Waals surface area contributed by atoms with E-state index in [4.69, 9.17) is 9.84 Å². The Morgan fingerprint density at radius 1 is 1.29 bits per heavy atom. The summed E-state index contributed by atoms with van der Waals surface area (Å²) in [5.41, 5.74) is 0.0400. The minimum atomic E-state index is -1.16. The van der Waals surface area contributed by atoms with E-state index in [0.29, 0.717) is 19.4 Å². The highest BCUT2D eigenvalue weighted by Gasteiger charge is 2.36. The number of amides is 1. The Hall–Kier alpha value is -2.37. The molecule has 1 N–H and O–H groups in total. The number of carbonyl (C=O) groups excluding carboxylic acids is 2. The van der Waals surface area contributed by atoms with E-state index in [1.165, 1.54) is 17.0 Å². The van der Waals surface area contributed by atoms with Crippen LogP contribution in [0.1, 0.15) is 40.5 Å². The molecule has 0 aliphatic carbocycles. The zero-order chi connectivity index (χ0) is 15.4. The van der Waals surface area contributed by atoms with Gasteiger partial charge in [-0.3, -0.25) is 4.79 Å². The fourth-order valence-electron chi connectivity index (χ4n) is 2.50. The van der Waals surface area contributed by atoms with Crippen LogP contribution in [0.4, 0.5) is 0 Å². The van der Waals surface area contributed by atoms with Gasteiger partial charge in [0.05, 0.1) is 17.7 Å². The van der Waals surface area contributed by atoms with Gasteiger partial charge in [-0.1, -0.05) is 12.1 Å². The minimum Gasteiger partial charge on any atom is -0.478 e. The van der Waals surface area contributed by atoms with Gasteiger partial charge < -0.3 is 14.7 Å². The first-order chi connectivity index (χ1) is 10.1. The quantitative estimate of drug-likeness (QED) is 0.851. The Morgan fingerprint density at radius 3 is 2.57 bits per heavy atom.